The van der Waals surface area contributed by atoms with Gasteiger partial charge in [0, 0.05) is 7.05 Å². The second-order valence-electron chi connectivity index (χ2n) is 3.29. The predicted octanol–water partition coefficient (Wildman–Crippen LogP) is 1.73. The molecule has 2 aromatic heterocycles. The van der Waals surface area contributed by atoms with Crippen molar-refractivity contribution in [3.8, 4) is 17.1 Å². The molecule has 0 saturated carbocycles. The highest BCUT2D eigenvalue weighted by molar-refractivity contribution is 6.33. The van der Waals surface area contributed by atoms with E-state index in [1.165, 1.54) is 6.20 Å². The van der Waals surface area contributed by atoms with Crippen molar-refractivity contribution in [2.45, 2.75) is 0 Å². The number of hydrogen-bond donors (Lipinski definition) is 1. The lowest BCUT2D eigenvalue weighted by atomic mass is 10.2. The first-order valence-corrected chi connectivity index (χ1v) is 4.98. The van der Waals surface area contributed by atoms with Crippen molar-refractivity contribution >= 4 is 17.3 Å². The molecule has 5 nitrogen and oxygen atoms in total. The van der Waals surface area contributed by atoms with Crippen molar-refractivity contribution in [1.82, 2.24) is 14.8 Å². The molecule has 84 valence electrons. The number of nitrogen functional groups attached to an aromatic ring is 1. The lowest BCUT2D eigenvalue weighted by molar-refractivity contribution is 0.399. The van der Waals surface area contributed by atoms with Crippen molar-refractivity contribution < 1.29 is 4.74 Å². The molecule has 0 aliphatic carbocycles. The fourth-order valence-corrected chi connectivity index (χ4v) is 1.78. The van der Waals surface area contributed by atoms with E-state index in [0.717, 1.165) is 11.3 Å². The maximum atomic E-state index is 6.05. The summed E-state index contributed by atoms with van der Waals surface area (Å²) in [4.78, 5) is 4.09. The summed E-state index contributed by atoms with van der Waals surface area (Å²) >= 11 is 6.05. The van der Waals surface area contributed by atoms with E-state index in [9.17, 15) is 0 Å². The Morgan fingerprint density at radius 1 is 1.44 bits per heavy atom. The summed E-state index contributed by atoms with van der Waals surface area (Å²) in [5, 5.41) is 4.59. The minimum atomic E-state index is 0.472. The third kappa shape index (κ3) is 1.69. The van der Waals surface area contributed by atoms with Gasteiger partial charge in [0.1, 0.15) is 0 Å². The van der Waals surface area contributed by atoms with Crippen LogP contribution in [0.2, 0.25) is 5.02 Å². The zero-order valence-electron chi connectivity index (χ0n) is 8.94. The number of aryl methyl sites for hydroxylation is 1. The van der Waals surface area contributed by atoms with Gasteiger partial charge in [-0.15, -0.1) is 0 Å². The first-order chi connectivity index (χ1) is 7.63. The Kier molecular flexibility index (Phi) is 2.70. The van der Waals surface area contributed by atoms with Crippen LogP contribution in [-0.2, 0) is 7.05 Å². The molecule has 16 heavy (non-hydrogen) atoms. The summed E-state index contributed by atoms with van der Waals surface area (Å²) < 4.78 is 6.82. The molecule has 0 aromatic carbocycles. The standard InChI is InChI=1S/C10H11ClN4O/c1-15-9(8(11)5-14-15)7-3-6(12)4-13-10(7)16-2/h3-5H,12H2,1-2H3. The summed E-state index contributed by atoms with van der Waals surface area (Å²) in [6.07, 6.45) is 3.10. The van der Waals surface area contributed by atoms with Crippen LogP contribution in [0.4, 0.5) is 5.69 Å². The third-order valence-electron chi connectivity index (χ3n) is 2.21. The highest BCUT2D eigenvalue weighted by Crippen LogP contribution is 2.33. The van der Waals surface area contributed by atoms with Gasteiger partial charge >= 0.3 is 0 Å². The van der Waals surface area contributed by atoms with Crippen LogP contribution in [0.5, 0.6) is 5.88 Å². The number of halogens is 1. The molecule has 0 bridgehead atoms. The van der Waals surface area contributed by atoms with Crippen molar-refractivity contribution in [2.75, 3.05) is 12.8 Å². The summed E-state index contributed by atoms with van der Waals surface area (Å²) in [6.45, 7) is 0. The van der Waals surface area contributed by atoms with E-state index >= 15 is 0 Å². The maximum absolute atomic E-state index is 6.05. The Hall–Kier alpha value is -1.75. The van der Waals surface area contributed by atoms with Gasteiger partial charge < -0.3 is 10.5 Å². The zero-order valence-corrected chi connectivity index (χ0v) is 9.69. The highest BCUT2D eigenvalue weighted by atomic mass is 35.5. The monoisotopic (exact) mass is 238 g/mol. The lowest BCUT2D eigenvalue weighted by Gasteiger charge is -2.08. The normalized spacial score (nSPS) is 10.4. The van der Waals surface area contributed by atoms with Crippen molar-refractivity contribution in [3.05, 3.63) is 23.5 Å². The van der Waals surface area contributed by atoms with E-state index in [2.05, 4.69) is 10.1 Å². The zero-order chi connectivity index (χ0) is 11.7. The quantitative estimate of drug-likeness (QED) is 0.865. The number of ether oxygens (including phenoxy) is 1. The lowest BCUT2D eigenvalue weighted by Crippen LogP contribution is -1.99. The molecule has 0 aliphatic rings. The summed E-state index contributed by atoms with van der Waals surface area (Å²) in [6, 6.07) is 1.76. The van der Waals surface area contributed by atoms with E-state index in [4.69, 9.17) is 22.1 Å². The number of methoxy groups -OCH3 is 1. The maximum Gasteiger partial charge on any atom is 0.222 e. The van der Waals surface area contributed by atoms with E-state index in [1.807, 2.05) is 0 Å². The molecule has 6 heteroatoms. The van der Waals surface area contributed by atoms with E-state index in [0.29, 0.717) is 16.6 Å². The summed E-state index contributed by atoms with van der Waals surface area (Å²) in [7, 11) is 3.34. The van der Waals surface area contributed by atoms with Gasteiger partial charge in [-0.1, -0.05) is 11.6 Å². The molecule has 2 rings (SSSR count). The molecule has 0 atom stereocenters. The molecule has 0 amide bonds. The molecular weight excluding hydrogens is 228 g/mol. The number of nitrogens with zero attached hydrogens (tertiary/aromatic N) is 3. The fourth-order valence-electron chi connectivity index (χ4n) is 1.51. The van der Waals surface area contributed by atoms with Gasteiger partial charge in [0.2, 0.25) is 5.88 Å². The van der Waals surface area contributed by atoms with Crippen LogP contribution in [0.1, 0.15) is 0 Å². The third-order valence-corrected chi connectivity index (χ3v) is 2.49. The highest BCUT2D eigenvalue weighted by Gasteiger charge is 2.15. The molecule has 0 aliphatic heterocycles. The van der Waals surface area contributed by atoms with E-state index < -0.39 is 0 Å². The van der Waals surface area contributed by atoms with E-state index in [1.54, 1.807) is 31.1 Å². The smallest absolute Gasteiger partial charge is 0.222 e. The summed E-state index contributed by atoms with van der Waals surface area (Å²) in [5.41, 5.74) is 7.71. The Labute approximate surface area is 97.8 Å². The number of anilines is 1. The van der Waals surface area contributed by atoms with Crippen LogP contribution in [0.15, 0.2) is 18.5 Å². The molecule has 0 saturated heterocycles. The van der Waals surface area contributed by atoms with Gasteiger partial charge in [-0.3, -0.25) is 4.68 Å². The van der Waals surface area contributed by atoms with Crippen LogP contribution in [0.25, 0.3) is 11.3 Å². The topological polar surface area (TPSA) is 66.0 Å². The van der Waals surface area contributed by atoms with Crippen LogP contribution in [-0.4, -0.2) is 21.9 Å². The van der Waals surface area contributed by atoms with Gasteiger partial charge in [-0.25, -0.2) is 4.98 Å². The largest absolute Gasteiger partial charge is 0.481 e. The molecule has 2 heterocycles. The predicted molar refractivity (Wildman–Crippen MR) is 62.4 cm³/mol. The molecular formula is C10H11ClN4O. The van der Waals surface area contributed by atoms with Crippen molar-refractivity contribution in [2.24, 2.45) is 7.05 Å². The van der Waals surface area contributed by atoms with Crippen LogP contribution in [0.3, 0.4) is 0 Å². The van der Waals surface area contributed by atoms with Gasteiger partial charge in [-0.05, 0) is 6.07 Å². The minimum absolute atomic E-state index is 0.472. The first kappa shape index (κ1) is 10.8. The van der Waals surface area contributed by atoms with Crippen molar-refractivity contribution in [3.63, 3.8) is 0 Å². The molecule has 0 unspecified atom stereocenters. The Morgan fingerprint density at radius 2 is 2.19 bits per heavy atom. The molecule has 0 fully saturated rings. The Bertz CT molecular complexity index is 504. The van der Waals surface area contributed by atoms with Gasteiger partial charge in [0.25, 0.3) is 0 Å². The number of nitrogens with two attached hydrogens (primary N) is 1. The van der Waals surface area contributed by atoms with Gasteiger partial charge in [-0.2, -0.15) is 5.10 Å². The molecule has 0 spiro atoms. The SMILES string of the molecule is COc1ncc(N)cc1-c1c(Cl)cnn1C. The van der Waals surface area contributed by atoms with Crippen LogP contribution >= 0.6 is 11.6 Å². The second-order valence-corrected chi connectivity index (χ2v) is 3.70. The number of rotatable bonds is 2. The molecule has 2 N–H and O–H groups in total. The van der Waals surface area contributed by atoms with Gasteiger partial charge in [0.05, 0.1) is 41.5 Å². The number of pyridine rings is 1. The Balaban J connectivity index is 2.67. The number of aromatic nitrogens is 3. The average molecular weight is 239 g/mol. The Morgan fingerprint density at radius 3 is 2.75 bits per heavy atom. The second kappa shape index (κ2) is 4.02. The minimum Gasteiger partial charge on any atom is -0.481 e. The number of hydrogen-bond acceptors (Lipinski definition) is 4. The van der Waals surface area contributed by atoms with Crippen LogP contribution in [0, 0.1) is 0 Å². The van der Waals surface area contributed by atoms with Gasteiger partial charge in [0.15, 0.2) is 0 Å². The van der Waals surface area contributed by atoms with Crippen molar-refractivity contribution in [1.29, 1.82) is 0 Å². The average Bonchev–Trinajstić information content (AvgIpc) is 2.58. The van der Waals surface area contributed by atoms with Crippen LogP contribution < -0.4 is 10.5 Å². The molecule has 2 aromatic rings. The first-order valence-electron chi connectivity index (χ1n) is 4.61. The molecule has 0 radical (unpaired) electrons. The van der Waals surface area contributed by atoms with E-state index in [-0.39, 0.29) is 0 Å². The summed E-state index contributed by atoms with van der Waals surface area (Å²) in [5.74, 6) is 0.472. The fraction of sp³-hybridized carbons (Fsp3) is 0.200.